The quantitative estimate of drug-likeness (QED) is 0.748. The van der Waals surface area contributed by atoms with Crippen LogP contribution < -0.4 is 16.6 Å². The average molecular weight is 378 g/mol. The Bertz CT molecular complexity index is 991. The topological polar surface area (TPSA) is 114 Å². The number of urea groups is 1. The molecule has 144 valence electrons. The summed E-state index contributed by atoms with van der Waals surface area (Å²) in [5, 5.41) is 2.55. The van der Waals surface area contributed by atoms with Gasteiger partial charge in [0.2, 0.25) is 0 Å². The number of piperidine rings is 1. The fourth-order valence-corrected chi connectivity index (χ4v) is 3.19. The number of ether oxygens (including phenoxy) is 1. The Labute approximate surface area is 152 Å². The molecule has 0 unspecified atom stereocenters. The second-order valence-electron chi connectivity index (χ2n) is 6.25. The first-order valence-corrected chi connectivity index (χ1v) is 8.44. The first kappa shape index (κ1) is 18.6. The van der Waals surface area contributed by atoms with Crippen LogP contribution in [0.2, 0.25) is 0 Å². The van der Waals surface area contributed by atoms with E-state index >= 15 is 0 Å². The minimum absolute atomic E-state index is 0.104. The number of carbonyl (C=O) groups is 2. The van der Waals surface area contributed by atoms with Gasteiger partial charge in [-0.25, -0.2) is 14.0 Å². The van der Waals surface area contributed by atoms with E-state index in [9.17, 15) is 23.6 Å². The van der Waals surface area contributed by atoms with Crippen molar-refractivity contribution in [3.8, 4) is 0 Å². The molecule has 1 aromatic heterocycles. The van der Waals surface area contributed by atoms with Gasteiger partial charge in [0.25, 0.3) is 5.56 Å². The lowest BCUT2D eigenvalue weighted by molar-refractivity contribution is -0.139. The van der Waals surface area contributed by atoms with E-state index in [-0.39, 0.29) is 17.4 Å². The van der Waals surface area contributed by atoms with E-state index in [1.165, 1.54) is 24.1 Å². The molecule has 27 heavy (non-hydrogen) atoms. The lowest BCUT2D eigenvalue weighted by Crippen LogP contribution is -2.48. The Hall–Kier alpha value is -3.17. The first-order chi connectivity index (χ1) is 12.9. The Morgan fingerprint density at radius 1 is 1.30 bits per heavy atom. The highest BCUT2D eigenvalue weighted by Crippen LogP contribution is 2.20. The second kappa shape index (κ2) is 7.60. The van der Waals surface area contributed by atoms with Crippen molar-refractivity contribution < 1.29 is 18.7 Å². The number of esters is 1. The number of hydrogen-bond acceptors (Lipinski definition) is 5. The van der Waals surface area contributed by atoms with Gasteiger partial charge in [-0.2, -0.15) is 0 Å². The van der Waals surface area contributed by atoms with Crippen molar-refractivity contribution in [1.29, 1.82) is 0 Å². The van der Waals surface area contributed by atoms with Crippen LogP contribution in [-0.2, 0) is 9.53 Å². The zero-order valence-corrected chi connectivity index (χ0v) is 14.7. The molecular weight excluding hydrogens is 359 g/mol. The van der Waals surface area contributed by atoms with Gasteiger partial charge in [0.1, 0.15) is 12.4 Å². The fourth-order valence-electron chi connectivity index (χ4n) is 3.19. The molecule has 0 atom stereocenters. The van der Waals surface area contributed by atoms with Crippen molar-refractivity contribution in [3.05, 3.63) is 44.9 Å². The van der Waals surface area contributed by atoms with Gasteiger partial charge >= 0.3 is 17.7 Å². The molecule has 1 aliphatic heterocycles. The predicted molar refractivity (Wildman–Crippen MR) is 94.0 cm³/mol. The number of likely N-dealkylation sites (tertiary alicyclic amines) is 1. The normalized spacial score (nSPS) is 15.0. The molecule has 0 spiro atoms. The number of carbonyl (C=O) groups excluding carboxylic acids is 2. The minimum Gasteiger partial charge on any atom is -0.468 e. The maximum absolute atomic E-state index is 13.5. The van der Waals surface area contributed by atoms with Crippen LogP contribution in [0.15, 0.2) is 27.8 Å². The van der Waals surface area contributed by atoms with E-state index in [1.54, 1.807) is 0 Å². The molecule has 2 N–H and O–H groups in total. The molecule has 1 fully saturated rings. The van der Waals surface area contributed by atoms with Crippen molar-refractivity contribution in [2.24, 2.45) is 0 Å². The van der Waals surface area contributed by atoms with Crippen LogP contribution in [0.1, 0.15) is 18.9 Å². The highest BCUT2D eigenvalue weighted by Gasteiger charge is 2.26. The highest BCUT2D eigenvalue weighted by molar-refractivity contribution is 5.80. The van der Waals surface area contributed by atoms with Gasteiger partial charge in [-0.3, -0.25) is 14.2 Å². The van der Waals surface area contributed by atoms with Crippen molar-refractivity contribution in [2.45, 2.75) is 18.9 Å². The summed E-state index contributed by atoms with van der Waals surface area (Å²) >= 11 is 0. The second-order valence-corrected chi connectivity index (χ2v) is 6.25. The Morgan fingerprint density at radius 3 is 2.67 bits per heavy atom. The van der Waals surface area contributed by atoms with E-state index in [0.717, 1.165) is 10.6 Å². The van der Waals surface area contributed by atoms with E-state index < -0.39 is 35.1 Å². The van der Waals surface area contributed by atoms with Crippen molar-refractivity contribution in [2.75, 3.05) is 26.7 Å². The summed E-state index contributed by atoms with van der Waals surface area (Å²) in [4.78, 5) is 52.2. The Balaban J connectivity index is 1.75. The van der Waals surface area contributed by atoms with Crippen molar-refractivity contribution >= 4 is 22.9 Å². The summed E-state index contributed by atoms with van der Waals surface area (Å²) in [7, 11) is 1.23. The van der Waals surface area contributed by atoms with Gasteiger partial charge < -0.3 is 19.9 Å². The molecule has 1 aromatic carbocycles. The molecule has 2 aromatic rings. The van der Waals surface area contributed by atoms with Gasteiger partial charge in [0, 0.05) is 19.1 Å². The monoisotopic (exact) mass is 378 g/mol. The van der Waals surface area contributed by atoms with Gasteiger partial charge in [0.15, 0.2) is 0 Å². The molecular formula is C17H19FN4O5. The van der Waals surface area contributed by atoms with Crippen molar-refractivity contribution in [3.63, 3.8) is 0 Å². The van der Waals surface area contributed by atoms with Gasteiger partial charge in [-0.15, -0.1) is 0 Å². The maximum Gasteiger partial charge on any atom is 0.329 e. The highest BCUT2D eigenvalue weighted by atomic mass is 19.1. The number of halogens is 1. The lowest BCUT2D eigenvalue weighted by Gasteiger charge is -2.32. The number of benzene rings is 1. The number of aromatic nitrogens is 2. The Kier molecular flexibility index (Phi) is 5.24. The summed E-state index contributed by atoms with van der Waals surface area (Å²) < 4.78 is 19.0. The van der Waals surface area contributed by atoms with E-state index in [2.05, 4.69) is 15.0 Å². The molecule has 1 saturated heterocycles. The minimum atomic E-state index is -0.562. The fraction of sp³-hybridized carbons (Fsp3) is 0.412. The standard InChI is InChI=1S/C17H19FN4O5/c1-27-14(23)9-19-16(25)21-6-4-11(5-7-21)22-15(24)12-8-10(18)2-3-13(12)20-17(22)26/h2-3,8,11H,4-7,9H2,1H3,(H,19,25)(H,20,26). The van der Waals surface area contributed by atoms with Gasteiger partial charge in [0.05, 0.1) is 18.0 Å². The SMILES string of the molecule is COC(=O)CNC(=O)N1CCC(n2c(=O)[nH]c3ccc(F)cc3c2=O)CC1. The van der Waals surface area contributed by atoms with Crippen LogP contribution >= 0.6 is 0 Å². The van der Waals surface area contributed by atoms with E-state index in [4.69, 9.17) is 0 Å². The number of nitrogens with one attached hydrogen (secondary N) is 2. The molecule has 1 aliphatic rings. The zero-order chi connectivity index (χ0) is 19.6. The van der Waals surface area contributed by atoms with Crippen LogP contribution in [0.3, 0.4) is 0 Å². The maximum atomic E-state index is 13.5. The number of hydrogen-bond donors (Lipinski definition) is 2. The number of H-pyrrole nitrogens is 1. The number of aromatic amines is 1. The number of nitrogens with zero attached hydrogens (tertiary/aromatic N) is 2. The van der Waals surface area contributed by atoms with Crippen LogP contribution in [0.4, 0.5) is 9.18 Å². The van der Waals surface area contributed by atoms with Crippen LogP contribution in [0.5, 0.6) is 0 Å². The molecule has 0 saturated carbocycles. The summed E-state index contributed by atoms with van der Waals surface area (Å²) in [5.74, 6) is -1.12. The Morgan fingerprint density at radius 2 is 2.00 bits per heavy atom. The van der Waals surface area contributed by atoms with Crippen LogP contribution in [-0.4, -0.2) is 53.2 Å². The number of amides is 2. The largest absolute Gasteiger partial charge is 0.468 e. The summed E-state index contributed by atoms with van der Waals surface area (Å²) in [6.07, 6.45) is 0.769. The van der Waals surface area contributed by atoms with Gasteiger partial charge in [-0.1, -0.05) is 0 Å². The average Bonchev–Trinajstić information content (AvgIpc) is 2.67. The molecule has 2 amide bonds. The van der Waals surface area contributed by atoms with Gasteiger partial charge in [-0.05, 0) is 31.0 Å². The van der Waals surface area contributed by atoms with Crippen molar-refractivity contribution in [1.82, 2.24) is 19.8 Å². The smallest absolute Gasteiger partial charge is 0.329 e. The summed E-state index contributed by atoms with van der Waals surface area (Å²) in [6, 6.07) is 2.80. The van der Waals surface area contributed by atoms with Crippen LogP contribution in [0.25, 0.3) is 10.9 Å². The van der Waals surface area contributed by atoms with E-state index in [0.29, 0.717) is 25.9 Å². The third kappa shape index (κ3) is 3.83. The number of fused-ring (bicyclic) bond motifs is 1. The summed E-state index contributed by atoms with van der Waals surface area (Å²) in [5.41, 5.74) is -0.836. The molecule has 3 rings (SSSR count). The summed E-state index contributed by atoms with van der Waals surface area (Å²) in [6.45, 7) is 0.389. The molecule has 0 aliphatic carbocycles. The number of rotatable bonds is 3. The molecule has 0 radical (unpaired) electrons. The molecule has 2 heterocycles. The van der Waals surface area contributed by atoms with E-state index in [1.807, 2.05) is 0 Å². The van der Waals surface area contributed by atoms with Crippen LogP contribution in [0, 0.1) is 5.82 Å². The zero-order valence-electron chi connectivity index (χ0n) is 14.7. The predicted octanol–water partition coefficient (Wildman–Crippen LogP) is 0.348. The molecule has 10 heteroatoms. The third-order valence-electron chi connectivity index (χ3n) is 4.62. The molecule has 9 nitrogen and oxygen atoms in total. The lowest BCUT2D eigenvalue weighted by atomic mass is 10.0. The molecule has 0 bridgehead atoms. The third-order valence-corrected chi connectivity index (χ3v) is 4.62. The first-order valence-electron chi connectivity index (χ1n) is 8.44. The number of methoxy groups -OCH3 is 1.